The molecule has 2 aromatic carbocycles. The zero-order valence-electron chi connectivity index (χ0n) is 14.1. The number of carbonyl (C=O) groups excluding carboxylic acids is 2. The van der Waals surface area contributed by atoms with Gasteiger partial charge in [0.15, 0.2) is 0 Å². The first-order valence-corrected chi connectivity index (χ1v) is 8.53. The summed E-state index contributed by atoms with van der Waals surface area (Å²) in [6, 6.07) is 9.53. The van der Waals surface area contributed by atoms with Crippen molar-refractivity contribution < 1.29 is 23.5 Å². The molecule has 26 heavy (non-hydrogen) atoms. The number of anilines is 1. The van der Waals surface area contributed by atoms with Gasteiger partial charge in [-0.2, -0.15) is 0 Å². The van der Waals surface area contributed by atoms with Crippen LogP contribution < -0.4 is 10.1 Å². The van der Waals surface area contributed by atoms with Gasteiger partial charge in [-0.1, -0.05) is 23.7 Å². The molecule has 1 N–H and O–H groups in total. The number of hydrogen-bond donors (Lipinski definition) is 1. The highest BCUT2D eigenvalue weighted by atomic mass is 35.5. The van der Waals surface area contributed by atoms with E-state index in [1.165, 1.54) is 12.1 Å². The molecule has 1 atom stereocenters. The number of amides is 1. The minimum Gasteiger partial charge on any atom is -0.489 e. The molecule has 0 aromatic heterocycles. The topological polar surface area (TPSA) is 64.6 Å². The molecule has 0 spiro atoms. The van der Waals surface area contributed by atoms with Gasteiger partial charge >= 0.3 is 5.97 Å². The lowest BCUT2D eigenvalue weighted by atomic mass is 9.93. The summed E-state index contributed by atoms with van der Waals surface area (Å²) in [6.07, 6.45) is 0.263. The number of hydrogen-bond acceptors (Lipinski definition) is 4. The third-order valence-corrected chi connectivity index (χ3v) is 4.45. The van der Waals surface area contributed by atoms with Gasteiger partial charge in [-0.3, -0.25) is 9.59 Å². The Morgan fingerprint density at radius 3 is 2.88 bits per heavy atom. The predicted octanol–water partition coefficient (Wildman–Crippen LogP) is 3.73. The zero-order chi connectivity index (χ0) is 18.7. The number of rotatable bonds is 5. The van der Waals surface area contributed by atoms with Gasteiger partial charge in [0.2, 0.25) is 5.91 Å². The first-order valence-electron chi connectivity index (χ1n) is 8.15. The summed E-state index contributed by atoms with van der Waals surface area (Å²) in [6.45, 7) is 1.88. The van der Waals surface area contributed by atoms with Gasteiger partial charge in [0.25, 0.3) is 0 Å². The van der Waals surface area contributed by atoms with E-state index in [1.54, 1.807) is 31.2 Å². The van der Waals surface area contributed by atoms with Gasteiger partial charge in [0, 0.05) is 17.3 Å². The third kappa shape index (κ3) is 3.80. The van der Waals surface area contributed by atoms with Crippen LogP contribution in [0.2, 0.25) is 5.02 Å². The van der Waals surface area contributed by atoms with Crippen molar-refractivity contribution >= 4 is 29.2 Å². The smallest absolute Gasteiger partial charge is 0.318 e. The van der Waals surface area contributed by atoms with E-state index in [9.17, 15) is 14.0 Å². The highest BCUT2D eigenvalue weighted by Crippen LogP contribution is 2.31. The molecular weight excluding hydrogens is 361 g/mol. The van der Waals surface area contributed by atoms with Gasteiger partial charge in [-0.05, 0) is 37.1 Å². The van der Waals surface area contributed by atoms with E-state index in [4.69, 9.17) is 21.1 Å². The van der Waals surface area contributed by atoms with E-state index in [1.807, 2.05) is 0 Å². The molecule has 1 unspecified atom stereocenters. The van der Waals surface area contributed by atoms with E-state index in [2.05, 4.69) is 5.32 Å². The molecule has 1 aliphatic heterocycles. The standard InChI is InChI=1S/C19H17ClFNO4/c1-2-25-19(24)13-8-11-6-7-12(9-17(11)22-18(13)23)26-10-14-15(20)4-3-5-16(14)21/h3-7,9,13H,2,8,10H2,1H3,(H,22,23). The largest absolute Gasteiger partial charge is 0.489 e. The molecular formula is C19H17ClFNO4. The lowest BCUT2D eigenvalue weighted by molar-refractivity contribution is -0.151. The van der Waals surface area contributed by atoms with Crippen LogP contribution in [0, 0.1) is 11.7 Å². The average Bonchev–Trinajstić information content (AvgIpc) is 2.60. The molecule has 136 valence electrons. The SMILES string of the molecule is CCOC(=O)C1Cc2ccc(OCc3c(F)cccc3Cl)cc2NC1=O. The average molecular weight is 378 g/mol. The molecule has 7 heteroatoms. The van der Waals surface area contributed by atoms with Gasteiger partial charge in [0.1, 0.15) is 24.1 Å². The van der Waals surface area contributed by atoms with Crippen molar-refractivity contribution in [3.8, 4) is 5.75 Å². The van der Waals surface area contributed by atoms with Gasteiger partial charge in [-0.25, -0.2) is 4.39 Å². The minimum atomic E-state index is -0.855. The molecule has 0 bridgehead atoms. The van der Waals surface area contributed by atoms with E-state index < -0.39 is 23.6 Å². The van der Waals surface area contributed by atoms with Crippen LogP contribution in [0.4, 0.5) is 10.1 Å². The van der Waals surface area contributed by atoms with E-state index in [-0.39, 0.29) is 30.2 Å². The van der Waals surface area contributed by atoms with E-state index >= 15 is 0 Å². The highest BCUT2D eigenvalue weighted by molar-refractivity contribution is 6.31. The van der Waals surface area contributed by atoms with Crippen LogP contribution in [-0.2, 0) is 27.4 Å². The molecule has 2 aromatic rings. The maximum atomic E-state index is 13.8. The summed E-state index contributed by atoms with van der Waals surface area (Å²) in [7, 11) is 0. The number of halogens is 2. The van der Waals surface area contributed by atoms with Crippen LogP contribution in [-0.4, -0.2) is 18.5 Å². The van der Waals surface area contributed by atoms with Crippen molar-refractivity contribution in [2.75, 3.05) is 11.9 Å². The van der Waals surface area contributed by atoms with Crippen molar-refractivity contribution in [3.05, 3.63) is 58.4 Å². The Labute approximate surface area is 155 Å². The lowest BCUT2D eigenvalue weighted by Gasteiger charge is -2.23. The number of fused-ring (bicyclic) bond motifs is 1. The Morgan fingerprint density at radius 1 is 1.35 bits per heavy atom. The Kier molecular flexibility index (Phi) is 5.42. The molecule has 3 rings (SSSR count). The fraction of sp³-hybridized carbons (Fsp3) is 0.263. The second-order valence-corrected chi connectivity index (χ2v) is 6.21. The molecule has 5 nitrogen and oxygen atoms in total. The molecule has 1 heterocycles. The van der Waals surface area contributed by atoms with Crippen LogP contribution in [0.5, 0.6) is 5.75 Å². The number of benzene rings is 2. The Balaban J connectivity index is 1.73. The Morgan fingerprint density at radius 2 is 2.15 bits per heavy atom. The van der Waals surface area contributed by atoms with Crippen molar-refractivity contribution in [3.63, 3.8) is 0 Å². The molecule has 0 saturated heterocycles. The lowest BCUT2D eigenvalue weighted by Crippen LogP contribution is -2.36. The van der Waals surface area contributed by atoms with Gasteiger partial charge in [-0.15, -0.1) is 0 Å². The normalized spacial score (nSPS) is 15.8. The highest BCUT2D eigenvalue weighted by Gasteiger charge is 2.33. The molecule has 1 amide bonds. The fourth-order valence-corrected chi connectivity index (χ4v) is 2.95. The summed E-state index contributed by atoms with van der Waals surface area (Å²) in [5.74, 6) is -1.79. The van der Waals surface area contributed by atoms with Gasteiger partial charge in [0.05, 0.1) is 11.6 Å². The Bertz CT molecular complexity index is 835. The maximum Gasteiger partial charge on any atom is 0.318 e. The fourth-order valence-electron chi connectivity index (χ4n) is 2.73. The van der Waals surface area contributed by atoms with Crippen molar-refractivity contribution in [2.24, 2.45) is 5.92 Å². The molecule has 0 fully saturated rings. The van der Waals surface area contributed by atoms with Crippen LogP contribution in [0.15, 0.2) is 36.4 Å². The molecule has 0 aliphatic carbocycles. The molecule has 1 aliphatic rings. The predicted molar refractivity (Wildman–Crippen MR) is 94.6 cm³/mol. The van der Waals surface area contributed by atoms with Crippen molar-refractivity contribution in [1.82, 2.24) is 0 Å². The minimum absolute atomic E-state index is 0.0380. The second kappa shape index (κ2) is 7.74. The third-order valence-electron chi connectivity index (χ3n) is 4.10. The van der Waals surface area contributed by atoms with E-state index in [0.717, 1.165) is 5.56 Å². The molecule has 0 saturated carbocycles. The summed E-state index contributed by atoms with van der Waals surface area (Å²) in [5, 5.41) is 2.98. The number of nitrogens with one attached hydrogen (secondary N) is 1. The van der Waals surface area contributed by atoms with Crippen LogP contribution in [0.3, 0.4) is 0 Å². The molecule has 0 radical (unpaired) electrons. The van der Waals surface area contributed by atoms with E-state index in [0.29, 0.717) is 11.4 Å². The van der Waals surface area contributed by atoms with Crippen molar-refractivity contribution in [1.29, 1.82) is 0 Å². The van der Waals surface area contributed by atoms with Crippen LogP contribution in [0.1, 0.15) is 18.1 Å². The summed E-state index contributed by atoms with van der Waals surface area (Å²) in [4.78, 5) is 24.0. The monoisotopic (exact) mass is 377 g/mol. The number of ether oxygens (including phenoxy) is 2. The van der Waals surface area contributed by atoms with Crippen LogP contribution in [0.25, 0.3) is 0 Å². The number of esters is 1. The summed E-state index contributed by atoms with van der Waals surface area (Å²) >= 11 is 5.98. The first kappa shape index (κ1) is 18.2. The maximum absolute atomic E-state index is 13.8. The number of carbonyl (C=O) groups is 2. The summed E-state index contributed by atoms with van der Waals surface area (Å²) < 4.78 is 24.3. The quantitative estimate of drug-likeness (QED) is 0.637. The van der Waals surface area contributed by atoms with Gasteiger partial charge < -0.3 is 14.8 Å². The Hall–Kier alpha value is -2.60. The first-order chi connectivity index (χ1) is 12.5. The second-order valence-electron chi connectivity index (χ2n) is 5.81. The van der Waals surface area contributed by atoms with Crippen LogP contribution >= 0.6 is 11.6 Å². The van der Waals surface area contributed by atoms with Crippen molar-refractivity contribution in [2.45, 2.75) is 20.0 Å². The zero-order valence-corrected chi connectivity index (χ0v) is 14.8. The summed E-state index contributed by atoms with van der Waals surface area (Å²) in [5.41, 5.74) is 1.63.